The van der Waals surface area contributed by atoms with Crippen LogP contribution in [0.3, 0.4) is 0 Å². The maximum absolute atomic E-state index is 11.9. The minimum Gasteiger partial charge on any atom is -0.481 e. The van der Waals surface area contributed by atoms with Crippen molar-refractivity contribution in [1.29, 1.82) is 0 Å². The first-order valence-corrected chi connectivity index (χ1v) is 8.53. The van der Waals surface area contributed by atoms with Crippen LogP contribution in [0.1, 0.15) is 23.3 Å². The molecule has 0 unspecified atom stereocenters. The molecule has 0 saturated carbocycles. The summed E-state index contributed by atoms with van der Waals surface area (Å²) in [6, 6.07) is 9.31. The molecule has 4 nitrogen and oxygen atoms in total. The number of aryl methyl sites for hydroxylation is 2. The summed E-state index contributed by atoms with van der Waals surface area (Å²) in [5, 5.41) is 13.5. The highest BCUT2D eigenvalue weighted by Gasteiger charge is 2.05. The van der Waals surface area contributed by atoms with E-state index in [1.165, 1.54) is 4.88 Å². The van der Waals surface area contributed by atoms with E-state index < -0.39 is 5.97 Å². The van der Waals surface area contributed by atoms with Gasteiger partial charge in [-0.05, 0) is 52.5 Å². The number of carboxylic acids is 1. The average molecular weight is 382 g/mol. The largest absolute Gasteiger partial charge is 0.481 e. The Morgan fingerprint density at radius 3 is 2.45 bits per heavy atom. The second-order valence-corrected chi connectivity index (χ2v) is 6.78. The molecule has 22 heavy (non-hydrogen) atoms. The number of aliphatic carboxylic acids is 1. The Labute approximate surface area is 141 Å². The zero-order valence-corrected chi connectivity index (χ0v) is 14.2. The van der Waals surface area contributed by atoms with Crippen molar-refractivity contribution < 1.29 is 14.7 Å². The second kappa shape index (κ2) is 8.10. The number of hydrogen-bond acceptors (Lipinski definition) is 3. The molecule has 0 saturated heterocycles. The first-order valence-electron chi connectivity index (χ1n) is 6.86. The normalized spacial score (nSPS) is 10.4. The summed E-state index contributed by atoms with van der Waals surface area (Å²) >= 11 is 5.03. The molecule has 0 atom stereocenters. The smallest absolute Gasteiger partial charge is 0.303 e. The SMILES string of the molecule is O=C(O)CCc1ccc(NC(=O)CCc2cc(Br)cs2)cc1. The van der Waals surface area contributed by atoms with Gasteiger partial charge >= 0.3 is 5.97 Å². The van der Waals surface area contributed by atoms with Crippen LogP contribution < -0.4 is 5.32 Å². The Morgan fingerprint density at radius 2 is 1.86 bits per heavy atom. The Morgan fingerprint density at radius 1 is 1.14 bits per heavy atom. The summed E-state index contributed by atoms with van der Waals surface area (Å²) in [6.07, 6.45) is 1.77. The fourth-order valence-corrected chi connectivity index (χ4v) is 3.41. The zero-order valence-electron chi connectivity index (χ0n) is 11.8. The predicted octanol–water partition coefficient (Wildman–Crippen LogP) is 4.10. The topological polar surface area (TPSA) is 66.4 Å². The number of carbonyl (C=O) groups is 2. The Bertz CT molecular complexity index is 652. The highest BCUT2D eigenvalue weighted by atomic mass is 79.9. The van der Waals surface area contributed by atoms with E-state index in [2.05, 4.69) is 21.2 Å². The lowest BCUT2D eigenvalue weighted by Crippen LogP contribution is -2.12. The minimum absolute atomic E-state index is 0.0252. The summed E-state index contributed by atoms with van der Waals surface area (Å²) < 4.78 is 1.05. The maximum atomic E-state index is 11.9. The highest BCUT2D eigenvalue weighted by molar-refractivity contribution is 9.10. The van der Waals surface area contributed by atoms with Gasteiger partial charge in [-0.2, -0.15) is 0 Å². The number of carbonyl (C=O) groups excluding carboxylic acids is 1. The van der Waals surface area contributed by atoms with Gasteiger partial charge in [0.05, 0.1) is 0 Å². The van der Waals surface area contributed by atoms with Gasteiger partial charge in [-0.25, -0.2) is 0 Å². The van der Waals surface area contributed by atoms with Crippen molar-refractivity contribution in [3.8, 4) is 0 Å². The molecule has 1 aromatic carbocycles. The van der Waals surface area contributed by atoms with E-state index in [-0.39, 0.29) is 12.3 Å². The van der Waals surface area contributed by atoms with Gasteiger partial charge in [-0.1, -0.05) is 12.1 Å². The number of hydrogen-bond donors (Lipinski definition) is 2. The van der Waals surface area contributed by atoms with Crippen molar-refractivity contribution in [2.45, 2.75) is 25.7 Å². The Hall–Kier alpha value is -1.66. The average Bonchev–Trinajstić information content (AvgIpc) is 2.90. The van der Waals surface area contributed by atoms with Gasteiger partial charge in [-0.3, -0.25) is 9.59 Å². The molecule has 1 amide bonds. The van der Waals surface area contributed by atoms with Crippen LogP contribution in [0.4, 0.5) is 5.69 Å². The van der Waals surface area contributed by atoms with Crippen LogP contribution in [0.25, 0.3) is 0 Å². The molecule has 0 spiro atoms. The molecule has 2 rings (SSSR count). The molecule has 0 aliphatic carbocycles. The molecule has 1 heterocycles. The second-order valence-electron chi connectivity index (χ2n) is 4.87. The van der Waals surface area contributed by atoms with Gasteiger partial charge in [0, 0.05) is 33.3 Å². The summed E-state index contributed by atoms with van der Waals surface area (Å²) in [5.41, 5.74) is 1.68. The number of anilines is 1. The zero-order chi connectivity index (χ0) is 15.9. The van der Waals surface area contributed by atoms with Crippen molar-refractivity contribution in [2.24, 2.45) is 0 Å². The molecule has 1 aromatic heterocycles. The number of halogens is 1. The van der Waals surface area contributed by atoms with Crippen molar-refractivity contribution in [2.75, 3.05) is 5.32 Å². The first kappa shape index (κ1) is 16.7. The summed E-state index contributed by atoms with van der Waals surface area (Å²) in [6.45, 7) is 0. The number of benzene rings is 1. The van der Waals surface area contributed by atoms with Crippen LogP contribution in [0.5, 0.6) is 0 Å². The Balaban J connectivity index is 1.79. The third-order valence-corrected chi connectivity index (χ3v) is 4.84. The highest BCUT2D eigenvalue weighted by Crippen LogP contribution is 2.21. The molecule has 0 aliphatic heterocycles. The van der Waals surface area contributed by atoms with Crippen molar-refractivity contribution in [3.63, 3.8) is 0 Å². The summed E-state index contributed by atoms with van der Waals surface area (Å²) in [5.74, 6) is -0.833. The van der Waals surface area contributed by atoms with E-state index in [0.29, 0.717) is 12.8 Å². The number of thiophene rings is 1. The number of amides is 1. The molecular formula is C16H16BrNO3S. The maximum Gasteiger partial charge on any atom is 0.303 e. The molecule has 0 bridgehead atoms. The van der Waals surface area contributed by atoms with E-state index in [1.807, 2.05) is 23.6 Å². The number of rotatable bonds is 7. The first-order chi connectivity index (χ1) is 10.5. The van der Waals surface area contributed by atoms with Crippen LogP contribution in [-0.2, 0) is 22.4 Å². The van der Waals surface area contributed by atoms with Crippen LogP contribution in [0.2, 0.25) is 0 Å². The van der Waals surface area contributed by atoms with Gasteiger partial charge < -0.3 is 10.4 Å². The molecule has 6 heteroatoms. The fraction of sp³-hybridized carbons (Fsp3) is 0.250. The van der Waals surface area contributed by atoms with Gasteiger partial charge in [-0.15, -0.1) is 11.3 Å². The van der Waals surface area contributed by atoms with Gasteiger partial charge in [0.1, 0.15) is 0 Å². The quantitative estimate of drug-likeness (QED) is 0.758. The molecule has 0 aliphatic rings. The van der Waals surface area contributed by atoms with Crippen LogP contribution >= 0.6 is 27.3 Å². The molecule has 0 radical (unpaired) electrons. The van der Waals surface area contributed by atoms with Crippen molar-refractivity contribution in [1.82, 2.24) is 0 Å². The van der Waals surface area contributed by atoms with Gasteiger partial charge in [0.15, 0.2) is 0 Å². The standard InChI is InChI=1S/C16H16BrNO3S/c17-12-9-14(22-10-12)6-7-15(19)18-13-4-1-11(2-5-13)3-8-16(20)21/h1-2,4-5,9-10H,3,6-8H2,(H,18,19)(H,20,21). The van der Waals surface area contributed by atoms with Gasteiger partial charge in [0.2, 0.25) is 5.91 Å². The van der Waals surface area contributed by atoms with E-state index in [1.54, 1.807) is 23.5 Å². The fourth-order valence-electron chi connectivity index (χ4n) is 1.95. The molecular weight excluding hydrogens is 366 g/mol. The number of carboxylic acid groups (broad SMARTS) is 1. The molecule has 2 aromatic rings. The van der Waals surface area contributed by atoms with E-state index in [4.69, 9.17) is 5.11 Å². The number of nitrogens with one attached hydrogen (secondary N) is 1. The molecule has 116 valence electrons. The van der Waals surface area contributed by atoms with Crippen LogP contribution in [-0.4, -0.2) is 17.0 Å². The monoisotopic (exact) mass is 381 g/mol. The summed E-state index contributed by atoms with van der Waals surface area (Å²) in [7, 11) is 0. The lowest BCUT2D eigenvalue weighted by Gasteiger charge is -2.06. The lowest BCUT2D eigenvalue weighted by molar-refractivity contribution is -0.137. The van der Waals surface area contributed by atoms with E-state index in [9.17, 15) is 9.59 Å². The minimum atomic E-state index is -0.808. The van der Waals surface area contributed by atoms with E-state index in [0.717, 1.165) is 22.1 Å². The Kier molecular flexibility index (Phi) is 6.15. The molecule has 2 N–H and O–H groups in total. The van der Waals surface area contributed by atoms with Gasteiger partial charge in [0.25, 0.3) is 0 Å². The summed E-state index contributed by atoms with van der Waals surface area (Å²) in [4.78, 5) is 23.6. The van der Waals surface area contributed by atoms with Crippen LogP contribution in [0.15, 0.2) is 40.2 Å². The van der Waals surface area contributed by atoms with E-state index >= 15 is 0 Å². The predicted molar refractivity (Wildman–Crippen MR) is 91.4 cm³/mol. The third-order valence-electron chi connectivity index (χ3n) is 3.09. The third kappa shape index (κ3) is 5.61. The van der Waals surface area contributed by atoms with Crippen molar-refractivity contribution in [3.05, 3.63) is 50.6 Å². The van der Waals surface area contributed by atoms with Crippen molar-refractivity contribution >= 4 is 44.8 Å². The molecule has 0 fully saturated rings. The van der Waals surface area contributed by atoms with Crippen LogP contribution in [0, 0.1) is 0 Å². The lowest BCUT2D eigenvalue weighted by atomic mass is 10.1.